The van der Waals surface area contributed by atoms with Crippen molar-refractivity contribution < 1.29 is 9.53 Å². The van der Waals surface area contributed by atoms with Gasteiger partial charge in [0.1, 0.15) is 5.75 Å². The smallest absolute Gasteiger partial charge is 0.204 e. The Balaban J connectivity index is 1.79. The first-order valence-electron chi connectivity index (χ1n) is 5.78. The molecule has 2 aromatic rings. The minimum Gasteiger partial charge on any atom is -0.490 e. The van der Waals surface area contributed by atoms with Crippen molar-refractivity contribution in [3.63, 3.8) is 0 Å². The fraction of sp³-hybridized carbons (Fsp3) is 0.214. The summed E-state index contributed by atoms with van der Waals surface area (Å²) in [5, 5.41) is 2.34. The Kier molecular flexibility index (Phi) is 3.10. The molecule has 92 valence electrons. The summed E-state index contributed by atoms with van der Waals surface area (Å²) in [5.74, 6) is 0.791. The van der Waals surface area contributed by atoms with E-state index in [0.29, 0.717) is 21.6 Å². The highest BCUT2D eigenvalue weighted by atomic mass is 35.5. The Bertz CT molecular complexity index is 570. The molecular formula is C14H11ClO2S. The summed E-state index contributed by atoms with van der Waals surface area (Å²) >= 11 is 7.32. The molecule has 1 aliphatic rings. The lowest BCUT2D eigenvalue weighted by molar-refractivity contribution is 0.104. The number of ketones is 1. The number of hydrogen-bond acceptors (Lipinski definition) is 3. The maximum Gasteiger partial charge on any atom is 0.204 e. The lowest BCUT2D eigenvalue weighted by Gasteiger charge is -2.05. The van der Waals surface area contributed by atoms with Crippen molar-refractivity contribution in [3.05, 3.63) is 51.2 Å². The normalized spacial score (nSPS) is 14.5. The van der Waals surface area contributed by atoms with Gasteiger partial charge < -0.3 is 4.74 Å². The summed E-state index contributed by atoms with van der Waals surface area (Å²) in [6.07, 6.45) is 2.63. The second kappa shape index (κ2) is 4.75. The topological polar surface area (TPSA) is 26.3 Å². The van der Waals surface area contributed by atoms with Crippen molar-refractivity contribution in [2.24, 2.45) is 0 Å². The molecule has 0 spiro atoms. The Morgan fingerprint density at radius 3 is 2.50 bits per heavy atom. The van der Waals surface area contributed by atoms with Gasteiger partial charge in [-0.25, -0.2) is 0 Å². The van der Waals surface area contributed by atoms with Crippen molar-refractivity contribution in [1.29, 1.82) is 0 Å². The van der Waals surface area contributed by atoms with Gasteiger partial charge in [-0.15, -0.1) is 11.3 Å². The minimum absolute atomic E-state index is 0.0343. The summed E-state index contributed by atoms with van der Waals surface area (Å²) in [7, 11) is 0. The molecule has 1 saturated carbocycles. The zero-order valence-corrected chi connectivity index (χ0v) is 11.1. The molecule has 3 rings (SSSR count). The highest BCUT2D eigenvalue weighted by Gasteiger charge is 2.23. The van der Waals surface area contributed by atoms with Crippen LogP contribution >= 0.6 is 22.9 Å². The molecule has 0 saturated heterocycles. The van der Waals surface area contributed by atoms with Crippen molar-refractivity contribution >= 4 is 28.7 Å². The van der Waals surface area contributed by atoms with E-state index in [4.69, 9.17) is 16.3 Å². The molecule has 1 fully saturated rings. The summed E-state index contributed by atoms with van der Waals surface area (Å²) in [4.78, 5) is 12.7. The zero-order valence-electron chi connectivity index (χ0n) is 9.56. The molecule has 0 atom stereocenters. The molecule has 1 aliphatic carbocycles. The van der Waals surface area contributed by atoms with Gasteiger partial charge in [0.25, 0.3) is 0 Å². The van der Waals surface area contributed by atoms with Crippen LogP contribution in [0.2, 0.25) is 5.02 Å². The van der Waals surface area contributed by atoms with E-state index < -0.39 is 0 Å². The van der Waals surface area contributed by atoms with E-state index in [1.807, 2.05) is 17.5 Å². The van der Waals surface area contributed by atoms with Crippen molar-refractivity contribution in [2.45, 2.75) is 18.9 Å². The Labute approximate surface area is 114 Å². The lowest BCUT2D eigenvalue weighted by Crippen LogP contribution is -2.00. The third-order valence-corrected chi connectivity index (χ3v) is 4.11. The van der Waals surface area contributed by atoms with E-state index in [1.165, 1.54) is 11.3 Å². The molecule has 18 heavy (non-hydrogen) atoms. The highest BCUT2D eigenvalue weighted by molar-refractivity contribution is 7.13. The van der Waals surface area contributed by atoms with Crippen molar-refractivity contribution in [2.75, 3.05) is 0 Å². The third-order valence-electron chi connectivity index (χ3n) is 2.77. The minimum atomic E-state index is -0.0343. The number of hydrogen-bond donors (Lipinski definition) is 0. The molecule has 0 bridgehead atoms. The van der Waals surface area contributed by atoms with Gasteiger partial charge >= 0.3 is 0 Å². The lowest BCUT2D eigenvalue weighted by atomic mass is 10.1. The van der Waals surface area contributed by atoms with Crippen molar-refractivity contribution in [1.82, 2.24) is 0 Å². The molecule has 1 heterocycles. The molecule has 2 nitrogen and oxygen atoms in total. The third kappa shape index (κ3) is 2.42. The largest absolute Gasteiger partial charge is 0.490 e. The molecule has 4 heteroatoms. The average molecular weight is 279 g/mol. The number of benzene rings is 1. The van der Waals surface area contributed by atoms with Gasteiger partial charge in [0.15, 0.2) is 0 Å². The van der Waals surface area contributed by atoms with Gasteiger partial charge in [-0.3, -0.25) is 4.79 Å². The maximum absolute atomic E-state index is 12.2. The number of carbonyl (C=O) groups excluding carboxylic acids is 1. The summed E-state index contributed by atoms with van der Waals surface area (Å²) in [5.41, 5.74) is 0.641. The first-order valence-corrected chi connectivity index (χ1v) is 7.04. The van der Waals surface area contributed by atoms with Gasteiger partial charge in [-0.1, -0.05) is 11.6 Å². The van der Waals surface area contributed by atoms with Gasteiger partial charge in [0, 0.05) is 5.56 Å². The second-order valence-electron chi connectivity index (χ2n) is 4.27. The van der Waals surface area contributed by atoms with Gasteiger partial charge in [0.05, 0.1) is 16.0 Å². The predicted octanol–water partition coefficient (Wildman–Crippen LogP) is 4.17. The molecular weight excluding hydrogens is 268 g/mol. The standard InChI is InChI=1S/C14H11ClO2S/c15-12-7-8-18-14(12)13(16)9-1-3-10(4-2-9)17-11-5-6-11/h1-4,7-8,11H,5-6H2. The Hall–Kier alpha value is -1.32. The van der Waals surface area contributed by atoms with Crippen LogP contribution in [0.5, 0.6) is 5.75 Å². The summed E-state index contributed by atoms with van der Waals surface area (Å²) < 4.78 is 5.64. The number of thiophene rings is 1. The maximum atomic E-state index is 12.2. The van der Waals surface area contributed by atoms with E-state index in [1.54, 1.807) is 18.2 Å². The van der Waals surface area contributed by atoms with Crippen LogP contribution in [0.4, 0.5) is 0 Å². The molecule has 0 radical (unpaired) electrons. The van der Waals surface area contributed by atoms with Crippen LogP contribution in [0.1, 0.15) is 28.1 Å². The summed E-state index contributed by atoms with van der Waals surface area (Å²) in [6, 6.07) is 9.00. The van der Waals surface area contributed by atoms with Gasteiger partial charge in [-0.05, 0) is 48.6 Å². The second-order valence-corrected chi connectivity index (χ2v) is 5.59. The fourth-order valence-electron chi connectivity index (χ4n) is 1.65. The van der Waals surface area contributed by atoms with Crippen LogP contribution < -0.4 is 4.74 Å². The van der Waals surface area contributed by atoms with E-state index in [2.05, 4.69) is 0 Å². The number of halogens is 1. The Morgan fingerprint density at radius 2 is 1.94 bits per heavy atom. The number of rotatable bonds is 4. The molecule has 0 aliphatic heterocycles. The first kappa shape index (κ1) is 11.8. The molecule has 1 aromatic heterocycles. The van der Waals surface area contributed by atoms with Gasteiger partial charge in [-0.2, -0.15) is 0 Å². The average Bonchev–Trinajstić information content (AvgIpc) is 3.09. The highest BCUT2D eigenvalue weighted by Crippen LogP contribution is 2.28. The van der Waals surface area contributed by atoms with E-state index in [0.717, 1.165) is 18.6 Å². The van der Waals surface area contributed by atoms with Crippen LogP contribution in [0.3, 0.4) is 0 Å². The van der Waals surface area contributed by atoms with E-state index in [9.17, 15) is 4.79 Å². The molecule has 0 N–H and O–H groups in total. The fourth-order valence-corrected chi connectivity index (χ4v) is 2.75. The monoisotopic (exact) mass is 278 g/mol. The predicted molar refractivity (Wildman–Crippen MR) is 72.9 cm³/mol. The SMILES string of the molecule is O=C(c1ccc(OC2CC2)cc1)c1sccc1Cl. The quantitative estimate of drug-likeness (QED) is 0.785. The van der Waals surface area contributed by atoms with Crippen LogP contribution in [-0.4, -0.2) is 11.9 Å². The summed E-state index contributed by atoms with van der Waals surface area (Å²) in [6.45, 7) is 0. The first-order chi connectivity index (χ1) is 8.74. The van der Waals surface area contributed by atoms with Crippen LogP contribution in [0.25, 0.3) is 0 Å². The van der Waals surface area contributed by atoms with Crippen LogP contribution in [-0.2, 0) is 0 Å². The van der Waals surface area contributed by atoms with Crippen LogP contribution in [0.15, 0.2) is 35.7 Å². The number of carbonyl (C=O) groups is 1. The van der Waals surface area contributed by atoms with E-state index in [-0.39, 0.29) is 5.78 Å². The van der Waals surface area contributed by atoms with Gasteiger partial charge in [0.2, 0.25) is 5.78 Å². The Morgan fingerprint density at radius 1 is 1.22 bits per heavy atom. The molecule has 0 unspecified atom stereocenters. The molecule has 1 aromatic carbocycles. The van der Waals surface area contributed by atoms with Crippen molar-refractivity contribution in [3.8, 4) is 5.75 Å². The number of ether oxygens (including phenoxy) is 1. The van der Waals surface area contributed by atoms with Crippen LogP contribution in [0, 0.1) is 0 Å². The molecule has 0 amide bonds. The zero-order chi connectivity index (χ0) is 12.5. The van der Waals surface area contributed by atoms with E-state index >= 15 is 0 Å².